The fraction of sp³-hybridized carbons (Fsp3) is 0.438. The smallest absolute Gasteiger partial charge is 0.352 e. The molecule has 2 atom stereocenters. The lowest BCUT2D eigenvalue weighted by molar-refractivity contribution is -0.385. The summed E-state index contributed by atoms with van der Waals surface area (Å²) in [7, 11) is 0. The standard InChI is InChI=1S/C16H17N5O8S/c1-7-10(21(27)28)3-19(18-7)4-11(23)17-12-14(24)20-13(16(25)26)9(5-29-8(2)22)6-30-15(12)20/h3,12,15H,4-6H2,1-2H3,(H,17,23)(H,25,26)/t12-,15+/m0/s1. The van der Waals surface area contributed by atoms with Gasteiger partial charge in [0, 0.05) is 18.2 Å². The maximum atomic E-state index is 12.5. The zero-order valence-corrected chi connectivity index (χ0v) is 16.7. The van der Waals surface area contributed by atoms with Crippen molar-refractivity contribution in [3.05, 3.63) is 33.3 Å². The van der Waals surface area contributed by atoms with Crippen LogP contribution in [0.5, 0.6) is 0 Å². The number of ether oxygens (including phenoxy) is 1. The summed E-state index contributed by atoms with van der Waals surface area (Å²) in [4.78, 5) is 58.7. The van der Waals surface area contributed by atoms with Gasteiger partial charge in [0.25, 0.3) is 5.91 Å². The average Bonchev–Trinajstić information content (AvgIpc) is 3.03. The normalized spacial score (nSPS) is 20.3. The zero-order valence-electron chi connectivity index (χ0n) is 15.9. The van der Waals surface area contributed by atoms with Crippen molar-refractivity contribution in [3.63, 3.8) is 0 Å². The third kappa shape index (κ3) is 3.98. The molecular formula is C16H17N5O8S. The topological polar surface area (TPSA) is 174 Å². The van der Waals surface area contributed by atoms with E-state index in [1.54, 1.807) is 0 Å². The molecule has 14 heteroatoms. The number of carboxylic acids is 1. The Bertz CT molecular complexity index is 986. The monoisotopic (exact) mass is 439 g/mol. The number of aryl methyl sites for hydroxylation is 1. The van der Waals surface area contributed by atoms with Crippen LogP contribution in [0, 0.1) is 17.0 Å². The van der Waals surface area contributed by atoms with Crippen molar-refractivity contribution in [2.24, 2.45) is 0 Å². The second-order valence-electron chi connectivity index (χ2n) is 6.55. The summed E-state index contributed by atoms with van der Waals surface area (Å²) in [6.45, 7) is 2.05. The molecule has 3 heterocycles. The van der Waals surface area contributed by atoms with E-state index in [0.29, 0.717) is 0 Å². The van der Waals surface area contributed by atoms with Gasteiger partial charge >= 0.3 is 17.6 Å². The van der Waals surface area contributed by atoms with E-state index in [4.69, 9.17) is 4.74 Å². The maximum Gasteiger partial charge on any atom is 0.352 e. The summed E-state index contributed by atoms with van der Waals surface area (Å²) in [6.07, 6.45) is 1.12. The van der Waals surface area contributed by atoms with Gasteiger partial charge in [0.05, 0.1) is 4.92 Å². The minimum Gasteiger partial charge on any atom is -0.477 e. The number of hydrogen-bond donors (Lipinski definition) is 2. The number of aliphatic carboxylic acids is 1. The molecule has 2 aliphatic heterocycles. The highest BCUT2D eigenvalue weighted by atomic mass is 32.2. The Balaban J connectivity index is 1.68. The number of carbonyl (C=O) groups is 4. The molecule has 160 valence electrons. The van der Waals surface area contributed by atoms with E-state index < -0.39 is 40.1 Å². The van der Waals surface area contributed by atoms with Crippen LogP contribution < -0.4 is 5.32 Å². The zero-order chi connectivity index (χ0) is 22.2. The molecule has 0 bridgehead atoms. The van der Waals surface area contributed by atoms with Crippen molar-refractivity contribution < 1.29 is 33.9 Å². The Morgan fingerprint density at radius 3 is 2.73 bits per heavy atom. The molecule has 0 radical (unpaired) electrons. The minimum absolute atomic E-state index is 0.151. The van der Waals surface area contributed by atoms with E-state index in [1.165, 1.54) is 25.6 Å². The Labute approximate surface area is 173 Å². The van der Waals surface area contributed by atoms with Crippen molar-refractivity contribution in [2.45, 2.75) is 31.8 Å². The van der Waals surface area contributed by atoms with Crippen LogP contribution in [0.2, 0.25) is 0 Å². The van der Waals surface area contributed by atoms with Crippen LogP contribution in [0.3, 0.4) is 0 Å². The molecule has 0 aromatic carbocycles. The number of nitrogens with zero attached hydrogens (tertiary/aromatic N) is 4. The predicted molar refractivity (Wildman–Crippen MR) is 99.9 cm³/mol. The predicted octanol–water partition coefficient (Wildman–Crippen LogP) is -0.599. The third-order valence-electron chi connectivity index (χ3n) is 4.44. The molecule has 2 N–H and O–H groups in total. The molecule has 1 fully saturated rings. The number of esters is 1. The summed E-state index contributed by atoms with van der Waals surface area (Å²) in [5, 5.41) is 26.1. The molecule has 0 spiro atoms. The second-order valence-corrected chi connectivity index (χ2v) is 7.65. The fourth-order valence-corrected chi connectivity index (χ4v) is 4.44. The quantitative estimate of drug-likeness (QED) is 0.242. The number of nitrogens with one attached hydrogen (secondary N) is 1. The van der Waals surface area contributed by atoms with Crippen molar-refractivity contribution in [1.82, 2.24) is 20.0 Å². The number of fused-ring (bicyclic) bond motifs is 1. The molecule has 0 saturated carbocycles. The van der Waals surface area contributed by atoms with Gasteiger partial charge in [-0.05, 0) is 6.92 Å². The van der Waals surface area contributed by atoms with Gasteiger partial charge in [0.2, 0.25) is 5.91 Å². The van der Waals surface area contributed by atoms with Gasteiger partial charge in [0.15, 0.2) is 0 Å². The molecule has 1 saturated heterocycles. The van der Waals surface area contributed by atoms with Gasteiger partial charge in [-0.15, -0.1) is 11.8 Å². The van der Waals surface area contributed by atoms with E-state index in [-0.39, 0.29) is 41.6 Å². The Kier molecular flexibility index (Phi) is 5.78. The average molecular weight is 439 g/mol. The number of carboxylic acid groups (broad SMARTS) is 1. The highest BCUT2D eigenvalue weighted by Crippen LogP contribution is 2.40. The van der Waals surface area contributed by atoms with Gasteiger partial charge in [0.1, 0.15) is 42.2 Å². The fourth-order valence-electron chi connectivity index (χ4n) is 3.12. The number of rotatable bonds is 7. The third-order valence-corrected chi connectivity index (χ3v) is 5.78. The number of amides is 2. The molecular weight excluding hydrogens is 422 g/mol. The first kappa shape index (κ1) is 21.3. The van der Waals surface area contributed by atoms with Crippen molar-refractivity contribution in [1.29, 1.82) is 0 Å². The first-order valence-electron chi connectivity index (χ1n) is 8.61. The molecule has 2 aliphatic rings. The first-order chi connectivity index (χ1) is 14.1. The van der Waals surface area contributed by atoms with Gasteiger partial charge in [-0.1, -0.05) is 0 Å². The second kappa shape index (κ2) is 8.14. The maximum absolute atomic E-state index is 12.5. The molecule has 0 unspecified atom stereocenters. The first-order valence-corrected chi connectivity index (χ1v) is 9.66. The SMILES string of the molecule is CC(=O)OCC1=C(C(=O)O)N2C(=O)[C@H](NC(=O)Cn3cc([N+](=O)[O-])c(C)n3)[C@H]2SC1. The summed E-state index contributed by atoms with van der Waals surface area (Å²) < 4.78 is 5.95. The van der Waals surface area contributed by atoms with Crippen LogP contribution in [0.4, 0.5) is 5.69 Å². The Morgan fingerprint density at radius 2 is 2.17 bits per heavy atom. The van der Waals surface area contributed by atoms with Gasteiger partial charge in [-0.3, -0.25) is 34.1 Å². The molecule has 30 heavy (non-hydrogen) atoms. The lowest BCUT2D eigenvalue weighted by atomic mass is 10.0. The van der Waals surface area contributed by atoms with Crippen molar-refractivity contribution in [2.75, 3.05) is 12.4 Å². The highest BCUT2D eigenvalue weighted by Gasteiger charge is 2.54. The van der Waals surface area contributed by atoms with Crippen LogP contribution in [0.1, 0.15) is 12.6 Å². The van der Waals surface area contributed by atoms with Crippen LogP contribution in [0.25, 0.3) is 0 Å². The summed E-state index contributed by atoms with van der Waals surface area (Å²) in [5.41, 5.74) is -0.0450. The molecule has 3 rings (SSSR count). The number of β-lactam (4-membered cyclic amide) rings is 1. The van der Waals surface area contributed by atoms with Crippen LogP contribution in [-0.4, -0.2) is 72.2 Å². The molecule has 1 aromatic heterocycles. The van der Waals surface area contributed by atoms with Crippen LogP contribution in [0.15, 0.2) is 17.5 Å². The van der Waals surface area contributed by atoms with Gasteiger partial charge in [-0.25, -0.2) is 4.79 Å². The van der Waals surface area contributed by atoms with E-state index in [1.807, 2.05) is 0 Å². The highest BCUT2D eigenvalue weighted by molar-refractivity contribution is 8.00. The summed E-state index contributed by atoms with van der Waals surface area (Å²) >= 11 is 1.23. The Morgan fingerprint density at radius 1 is 1.47 bits per heavy atom. The van der Waals surface area contributed by atoms with Gasteiger partial charge < -0.3 is 15.2 Å². The van der Waals surface area contributed by atoms with Crippen LogP contribution >= 0.6 is 11.8 Å². The molecule has 2 amide bonds. The summed E-state index contributed by atoms with van der Waals surface area (Å²) in [5.74, 6) is -2.91. The van der Waals surface area contributed by atoms with Crippen LogP contribution in [-0.2, 0) is 30.5 Å². The lowest BCUT2D eigenvalue weighted by Gasteiger charge is -2.49. The lowest BCUT2D eigenvalue weighted by Crippen LogP contribution is -2.70. The Hall–Kier alpha value is -3.42. The number of nitro groups is 1. The minimum atomic E-state index is -1.33. The van der Waals surface area contributed by atoms with E-state index >= 15 is 0 Å². The molecule has 13 nitrogen and oxygen atoms in total. The molecule has 0 aliphatic carbocycles. The number of carbonyl (C=O) groups excluding carboxylic acids is 3. The van der Waals surface area contributed by atoms with E-state index in [9.17, 15) is 34.4 Å². The van der Waals surface area contributed by atoms with Crippen molar-refractivity contribution >= 4 is 41.2 Å². The van der Waals surface area contributed by atoms with E-state index in [0.717, 1.165) is 15.8 Å². The number of thioether (sulfide) groups is 1. The van der Waals surface area contributed by atoms with Gasteiger partial charge in [-0.2, -0.15) is 5.10 Å². The number of aromatic nitrogens is 2. The number of hydrogen-bond acceptors (Lipinski definition) is 9. The largest absolute Gasteiger partial charge is 0.477 e. The molecule has 1 aromatic rings. The summed E-state index contributed by atoms with van der Waals surface area (Å²) in [6, 6.07) is -0.946. The van der Waals surface area contributed by atoms with E-state index in [2.05, 4.69) is 10.4 Å². The van der Waals surface area contributed by atoms with Crippen molar-refractivity contribution in [3.8, 4) is 0 Å².